The van der Waals surface area contributed by atoms with Crippen molar-refractivity contribution in [2.45, 2.75) is 25.0 Å². The highest BCUT2D eigenvalue weighted by Gasteiger charge is 2.38. The molecule has 0 aromatic heterocycles. The number of ether oxygens (including phenoxy) is 1. The van der Waals surface area contributed by atoms with E-state index in [1.165, 1.54) is 6.92 Å². The molecule has 0 bridgehead atoms. The maximum absolute atomic E-state index is 11.2. The number of hydrogen-bond donors (Lipinski definition) is 2. The van der Waals surface area contributed by atoms with Gasteiger partial charge in [0, 0.05) is 6.54 Å². The fourth-order valence-corrected chi connectivity index (χ4v) is 0.999. The molecule has 1 aliphatic rings. The normalized spacial score (nSPS) is 40.7. The molecule has 1 aliphatic heterocycles. The predicted molar refractivity (Wildman–Crippen MR) is 48.2 cm³/mol. The molecule has 0 saturated carbocycles. The summed E-state index contributed by atoms with van der Waals surface area (Å²) in [4.78, 5) is 11.2. The van der Waals surface area contributed by atoms with Gasteiger partial charge in [-0.1, -0.05) is 6.08 Å². The fraction of sp³-hybridized carbons (Fsp3) is 0.667. The van der Waals surface area contributed by atoms with Gasteiger partial charge in [0.05, 0.1) is 5.54 Å². The lowest BCUT2D eigenvalue weighted by atomic mass is 10.0. The molecule has 2 N–H and O–H groups in total. The highest BCUT2D eigenvalue weighted by atomic mass is 16.6. The van der Waals surface area contributed by atoms with Crippen LogP contribution in [0.25, 0.3) is 0 Å². The molecule has 0 spiro atoms. The van der Waals surface area contributed by atoms with Crippen LogP contribution in [0.15, 0.2) is 12.7 Å². The number of β-amino-alcohol motifs (C(OH)–C–C–N with tert-alkyl or cyclic N) is 1. The van der Waals surface area contributed by atoms with Gasteiger partial charge < -0.3 is 15.2 Å². The lowest BCUT2D eigenvalue weighted by molar-refractivity contribution is -0.161. The van der Waals surface area contributed by atoms with Gasteiger partial charge in [-0.25, -0.2) is 4.79 Å². The number of rotatable bonds is 1. The summed E-state index contributed by atoms with van der Waals surface area (Å²) in [5, 5.41) is 12.6. The van der Waals surface area contributed by atoms with Gasteiger partial charge in [0.25, 0.3) is 0 Å². The second-order valence-electron chi connectivity index (χ2n) is 3.83. The number of carbonyl (C=O) groups excluding carboxylic acids is 1. The van der Waals surface area contributed by atoms with Crippen molar-refractivity contribution in [2.75, 3.05) is 13.2 Å². The average molecular weight is 185 g/mol. The Balaban J connectivity index is 2.79. The van der Waals surface area contributed by atoms with Gasteiger partial charge in [-0.15, -0.1) is 6.58 Å². The summed E-state index contributed by atoms with van der Waals surface area (Å²) in [7, 11) is 0. The maximum atomic E-state index is 11.2. The maximum Gasteiger partial charge on any atom is 0.339 e. The number of carbonyl (C=O) groups is 1. The van der Waals surface area contributed by atoms with Gasteiger partial charge >= 0.3 is 5.97 Å². The molecule has 0 aromatic carbocycles. The van der Waals surface area contributed by atoms with Crippen LogP contribution in [0, 0.1) is 0 Å². The molecule has 1 heterocycles. The molecule has 2 atom stereocenters. The van der Waals surface area contributed by atoms with Crippen molar-refractivity contribution in [1.29, 1.82) is 0 Å². The van der Waals surface area contributed by atoms with Gasteiger partial charge in [0.2, 0.25) is 0 Å². The first-order chi connectivity index (χ1) is 5.90. The van der Waals surface area contributed by atoms with E-state index >= 15 is 0 Å². The van der Waals surface area contributed by atoms with Crippen molar-refractivity contribution in [3.05, 3.63) is 12.7 Å². The van der Waals surface area contributed by atoms with Crippen molar-refractivity contribution in [1.82, 2.24) is 5.32 Å². The minimum absolute atomic E-state index is 0.175. The van der Waals surface area contributed by atoms with Crippen LogP contribution < -0.4 is 5.32 Å². The van der Waals surface area contributed by atoms with E-state index in [0.29, 0.717) is 0 Å². The largest absolute Gasteiger partial charge is 0.461 e. The Kier molecular flexibility index (Phi) is 2.45. The molecule has 1 fully saturated rings. The Hall–Kier alpha value is -0.870. The van der Waals surface area contributed by atoms with Gasteiger partial charge in [-0.2, -0.15) is 0 Å². The molecule has 4 nitrogen and oxygen atoms in total. The van der Waals surface area contributed by atoms with E-state index in [1.807, 2.05) is 6.92 Å². The molecule has 0 aliphatic carbocycles. The number of esters is 1. The summed E-state index contributed by atoms with van der Waals surface area (Å²) in [5.74, 6) is -0.592. The predicted octanol–water partition coefficient (Wildman–Crippen LogP) is -0.172. The minimum atomic E-state index is -1.44. The monoisotopic (exact) mass is 185 g/mol. The Morgan fingerprint density at radius 3 is 2.85 bits per heavy atom. The number of aliphatic hydroxyl groups is 1. The smallest absolute Gasteiger partial charge is 0.339 e. The second kappa shape index (κ2) is 3.12. The van der Waals surface area contributed by atoms with Crippen LogP contribution in [0.5, 0.6) is 0 Å². The van der Waals surface area contributed by atoms with Crippen molar-refractivity contribution in [3.8, 4) is 0 Å². The zero-order chi connectivity index (χ0) is 10.1. The Morgan fingerprint density at radius 2 is 2.31 bits per heavy atom. The van der Waals surface area contributed by atoms with Crippen LogP contribution in [0.1, 0.15) is 13.8 Å². The average Bonchev–Trinajstić information content (AvgIpc) is 2.19. The van der Waals surface area contributed by atoms with Gasteiger partial charge in [0.1, 0.15) is 6.61 Å². The lowest BCUT2D eigenvalue weighted by Crippen LogP contribution is -2.48. The molecule has 4 heteroatoms. The van der Waals surface area contributed by atoms with E-state index in [9.17, 15) is 9.90 Å². The van der Waals surface area contributed by atoms with E-state index in [4.69, 9.17) is 4.74 Å². The first-order valence-electron chi connectivity index (χ1n) is 4.18. The standard InChI is InChI=1S/C9H15NO3/c1-4-8(2)6-13-7(11)9(3,12)5-10-8/h4,10,12H,1,5-6H2,2-3H3. The van der Waals surface area contributed by atoms with E-state index in [0.717, 1.165) is 0 Å². The van der Waals surface area contributed by atoms with E-state index in [1.54, 1.807) is 6.08 Å². The zero-order valence-electron chi connectivity index (χ0n) is 7.96. The van der Waals surface area contributed by atoms with Crippen molar-refractivity contribution in [3.63, 3.8) is 0 Å². The summed E-state index contributed by atoms with van der Waals surface area (Å²) >= 11 is 0. The van der Waals surface area contributed by atoms with Crippen LogP contribution in [-0.4, -0.2) is 35.4 Å². The minimum Gasteiger partial charge on any atom is -0.461 e. The molecule has 0 radical (unpaired) electrons. The molecular weight excluding hydrogens is 170 g/mol. The summed E-state index contributed by atoms with van der Waals surface area (Å²) in [5.41, 5.74) is -1.89. The van der Waals surface area contributed by atoms with Crippen molar-refractivity contribution in [2.24, 2.45) is 0 Å². The Labute approximate surface area is 77.6 Å². The SMILES string of the molecule is C=CC1(C)COC(=O)C(C)(O)CN1. The lowest BCUT2D eigenvalue weighted by Gasteiger charge is -2.24. The second-order valence-corrected chi connectivity index (χ2v) is 3.83. The highest BCUT2D eigenvalue weighted by Crippen LogP contribution is 2.15. The molecule has 1 saturated heterocycles. The molecule has 0 amide bonds. The van der Waals surface area contributed by atoms with Crippen LogP contribution in [0.4, 0.5) is 0 Å². The topological polar surface area (TPSA) is 58.6 Å². The summed E-state index contributed by atoms with van der Waals surface area (Å²) < 4.78 is 4.90. The third-order valence-electron chi connectivity index (χ3n) is 2.23. The molecule has 2 unspecified atom stereocenters. The molecule has 1 rings (SSSR count). The molecule has 0 aromatic rings. The Bertz CT molecular complexity index is 237. The highest BCUT2D eigenvalue weighted by molar-refractivity contribution is 5.79. The van der Waals surface area contributed by atoms with Gasteiger partial charge in [-0.3, -0.25) is 0 Å². The number of cyclic esters (lactones) is 1. The quantitative estimate of drug-likeness (QED) is 0.440. The fourth-order valence-electron chi connectivity index (χ4n) is 0.999. The third-order valence-corrected chi connectivity index (χ3v) is 2.23. The van der Waals surface area contributed by atoms with Crippen LogP contribution >= 0.6 is 0 Å². The Morgan fingerprint density at radius 1 is 1.69 bits per heavy atom. The summed E-state index contributed by atoms with van der Waals surface area (Å²) in [6.07, 6.45) is 1.67. The van der Waals surface area contributed by atoms with Crippen LogP contribution in [-0.2, 0) is 9.53 Å². The van der Waals surface area contributed by atoms with E-state index in [2.05, 4.69) is 11.9 Å². The molecule has 74 valence electrons. The third kappa shape index (κ3) is 2.08. The zero-order valence-corrected chi connectivity index (χ0v) is 7.96. The van der Waals surface area contributed by atoms with Crippen molar-refractivity contribution >= 4 is 5.97 Å². The number of nitrogens with one attached hydrogen (secondary N) is 1. The van der Waals surface area contributed by atoms with Crippen LogP contribution in [0.2, 0.25) is 0 Å². The first-order valence-corrected chi connectivity index (χ1v) is 4.18. The summed E-state index contributed by atoms with van der Waals surface area (Å²) in [6.45, 7) is 7.29. The van der Waals surface area contributed by atoms with Crippen LogP contribution in [0.3, 0.4) is 0 Å². The number of hydrogen-bond acceptors (Lipinski definition) is 4. The van der Waals surface area contributed by atoms with Crippen molar-refractivity contribution < 1.29 is 14.6 Å². The van der Waals surface area contributed by atoms with E-state index in [-0.39, 0.29) is 13.2 Å². The summed E-state index contributed by atoms with van der Waals surface area (Å²) in [6, 6.07) is 0. The molecule has 13 heavy (non-hydrogen) atoms. The van der Waals surface area contributed by atoms with Gasteiger partial charge in [-0.05, 0) is 13.8 Å². The first kappa shape index (κ1) is 10.2. The van der Waals surface area contributed by atoms with Gasteiger partial charge in [0.15, 0.2) is 5.60 Å². The molecular formula is C9H15NO3. The van der Waals surface area contributed by atoms with E-state index < -0.39 is 17.1 Å².